The third-order valence-electron chi connectivity index (χ3n) is 8.35. The van der Waals surface area contributed by atoms with E-state index in [0.29, 0.717) is 5.02 Å². The number of benzene rings is 3. The highest BCUT2D eigenvalue weighted by atomic mass is 35.5. The number of hydrogen-bond donors (Lipinski definition) is 0. The molecule has 0 amide bonds. The average molecular weight is 657 g/mol. The van der Waals surface area contributed by atoms with Gasteiger partial charge in [-0.1, -0.05) is 86.1 Å². The van der Waals surface area contributed by atoms with Gasteiger partial charge in [0.1, 0.15) is 44.2 Å². The highest BCUT2D eigenvalue weighted by molar-refractivity contribution is 8.00. The summed E-state index contributed by atoms with van der Waals surface area (Å²) in [4.78, 5) is 5.89. The standard InChI is InChI=1S/C35H45ClN2O6S/c1-5-37(6-2)19-20-38-28-21-27(36)17-18-30(28)45-34-33(43-24-40-4)32(42-23-39-3)29(44-35(34)38)22-41-31(25-13-9-7-10-14-25)26-15-11-8-12-16-26/h7-18,21,29,31-35H,5-6,19-20,22-24H2,1-4H3/t29-,32-,33+,34+,35-/m1/s1. The Hall–Kier alpha value is -2.18. The van der Waals surface area contributed by atoms with Crippen LogP contribution in [0.2, 0.25) is 5.02 Å². The molecule has 0 aliphatic carbocycles. The maximum Gasteiger partial charge on any atom is 0.146 e. The molecule has 0 N–H and O–H groups in total. The van der Waals surface area contributed by atoms with Gasteiger partial charge in [-0.15, -0.1) is 11.8 Å². The number of anilines is 1. The van der Waals surface area contributed by atoms with Gasteiger partial charge in [-0.05, 0) is 42.4 Å². The molecule has 0 bridgehead atoms. The number of nitrogens with zero attached hydrogens (tertiary/aromatic N) is 2. The molecule has 0 radical (unpaired) electrons. The fraction of sp³-hybridized carbons (Fsp3) is 0.486. The number of fused-ring (bicyclic) bond motifs is 2. The third-order valence-corrected chi connectivity index (χ3v) is 9.96. The van der Waals surface area contributed by atoms with Gasteiger partial charge >= 0.3 is 0 Å². The molecular formula is C35H45ClN2O6S. The second-order valence-corrected chi connectivity index (χ2v) is 12.7. The zero-order valence-electron chi connectivity index (χ0n) is 26.5. The van der Waals surface area contributed by atoms with Gasteiger partial charge in [0, 0.05) is 37.2 Å². The first-order valence-corrected chi connectivity index (χ1v) is 16.9. The van der Waals surface area contributed by atoms with Gasteiger partial charge in [0.25, 0.3) is 0 Å². The molecule has 8 nitrogen and oxygen atoms in total. The molecule has 244 valence electrons. The number of halogens is 1. The van der Waals surface area contributed by atoms with Crippen molar-refractivity contribution in [3.8, 4) is 0 Å². The minimum atomic E-state index is -0.473. The fourth-order valence-electron chi connectivity index (χ4n) is 6.06. The first kappa shape index (κ1) is 34.2. The van der Waals surface area contributed by atoms with Crippen molar-refractivity contribution in [3.63, 3.8) is 0 Å². The van der Waals surface area contributed by atoms with E-state index in [2.05, 4.69) is 54.0 Å². The quantitative estimate of drug-likeness (QED) is 0.161. The SMILES string of the molecule is CCN(CC)CCN1c2cc(Cl)ccc2S[C@H]2[C@@H](OCOC)[C@H](OCOC)[C@@H](COC(c3ccccc3)c3ccccc3)O[C@H]21. The number of hydrogen-bond acceptors (Lipinski definition) is 9. The fourth-order valence-corrected chi connectivity index (χ4v) is 7.65. The predicted octanol–water partition coefficient (Wildman–Crippen LogP) is 6.47. The van der Waals surface area contributed by atoms with Crippen LogP contribution in [0.25, 0.3) is 0 Å². The van der Waals surface area contributed by atoms with E-state index in [-0.39, 0.29) is 43.9 Å². The highest BCUT2D eigenvalue weighted by Gasteiger charge is 2.52. The van der Waals surface area contributed by atoms with Crippen LogP contribution in [0.15, 0.2) is 83.8 Å². The summed E-state index contributed by atoms with van der Waals surface area (Å²) in [5.41, 5.74) is 3.20. The van der Waals surface area contributed by atoms with Gasteiger partial charge in [0.2, 0.25) is 0 Å². The topological polar surface area (TPSA) is 61.9 Å². The Balaban J connectivity index is 1.49. The number of likely N-dealkylation sites (N-methyl/N-ethyl adjacent to an activating group) is 1. The molecule has 2 heterocycles. The summed E-state index contributed by atoms with van der Waals surface area (Å²) in [6.07, 6.45) is -1.91. The number of methoxy groups -OCH3 is 2. The Kier molecular flexibility index (Phi) is 13.0. The normalized spacial score (nSPS) is 22.9. The van der Waals surface area contributed by atoms with Gasteiger partial charge < -0.3 is 38.2 Å². The Morgan fingerprint density at radius 2 is 1.49 bits per heavy atom. The Morgan fingerprint density at radius 3 is 2.09 bits per heavy atom. The lowest BCUT2D eigenvalue weighted by Gasteiger charge is -2.52. The van der Waals surface area contributed by atoms with E-state index in [1.165, 1.54) is 0 Å². The molecule has 2 aliphatic rings. The summed E-state index contributed by atoms with van der Waals surface area (Å²) in [6, 6.07) is 26.6. The van der Waals surface area contributed by atoms with Crippen molar-refractivity contribution in [3.05, 3.63) is 95.0 Å². The van der Waals surface area contributed by atoms with E-state index in [1.54, 1.807) is 26.0 Å². The van der Waals surface area contributed by atoms with Crippen molar-refractivity contribution in [2.24, 2.45) is 0 Å². The lowest BCUT2D eigenvalue weighted by atomic mass is 9.97. The van der Waals surface area contributed by atoms with E-state index >= 15 is 0 Å². The molecule has 3 aromatic carbocycles. The van der Waals surface area contributed by atoms with Crippen LogP contribution < -0.4 is 4.90 Å². The monoisotopic (exact) mass is 656 g/mol. The van der Waals surface area contributed by atoms with Crippen LogP contribution in [0.5, 0.6) is 0 Å². The van der Waals surface area contributed by atoms with Crippen molar-refractivity contribution in [2.45, 2.75) is 54.6 Å². The predicted molar refractivity (Wildman–Crippen MR) is 179 cm³/mol. The molecule has 0 unspecified atom stereocenters. The largest absolute Gasteiger partial charge is 0.366 e. The minimum absolute atomic E-state index is 0.0953. The average Bonchev–Trinajstić information content (AvgIpc) is 3.08. The Labute approximate surface area is 276 Å². The number of rotatable bonds is 16. The van der Waals surface area contributed by atoms with Gasteiger partial charge in [-0.25, -0.2) is 0 Å². The molecule has 45 heavy (non-hydrogen) atoms. The first-order valence-electron chi connectivity index (χ1n) is 15.6. The van der Waals surface area contributed by atoms with E-state index in [1.807, 2.05) is 48.5 Å². The summed E-state index contributed by atoms with van der Waals surface area (Å²) in [7, 11) is 3.25. The summed E-state index contributed by atoms with van der Waals surface area (Å²) in [5, 5.41) is 0.584. The van der Waals surface area contributed by atoms with Crippen LogP contribution in [0.4, 0.5) is 5.69 Å². The number of ether oxygens (including phenoxy) is 6. The van der Waals surface area contributed by atoms with Crippen LogP contribution in [0, 0.1) is 0 Å². The van der Waals surface area contributed by atoms with Gasteiger partial charge in [-0.3, -0.25) is 0 Å². The molecule has 1 saturated heterocycles. The van der Waals surface area contributed by atoms with E-state index in [0.717, 1.165) is 47.9 Å². The van der Waals surface area contributed by atoms with Crippen molar-refractivity contribution < 1.29 is 28.4 Å². The van der Waals surface area contributed by atoms with Crippen molar-refractivity contribution in [1.82, 2.24) is 4.90 Å². The van der Waals surface area contributed by atoms with Gasteiger partial charge in [0.05, 0.1) is 17.5 Å². The lowest BCUT2D eigenvalue weighted by molar-refractivity contribution is -0.244. The first-order chi connectivity index (χ1) is 22.1. The number of thioether (sulfide) groups is 1. The molecule has 0 aromatic heterocycles. The Bertz CT molecular complexity index is 1260. The summed E-state index contributed by atoms with van der Waals surface area (Å²) in [5.74, 6) is 0. The Morgan fingerprint density at radius 1 is 0.867 bits per heavy atom. The molecule has 10 heteroatoms. The zero-order chi connectivity index (χ0) is 31.6. The van der Waals surface area contributed by atoms with Crippen LogP contribution in [-0.2, 0) is 28.4 Å². The van der Waals surface area contributed by atoms with Crippen LogP contribution >= 0.6 is 23.4 Å². The lowest BCUT2D eigenvalue weighted by Crippen LogP contribution is -2.65. The smallest absolute Gasteiger partial charge is 0.146 e. The molecule has 5 rings (SSSR count). The van der Waals surface area contributed by atoms with E-state index in [9.17, 15) is 0 Å². The maximum atomic E-state index is 7.06. The summed E-state index contributed by atoms with van der Waals surface area (Å²) < 4.78 is 37.4. The summed E-state index contributed by atoms with van der Waals surface area (Å²) in [6.45, 7) is 8.47. The molecule has 2 aliphatic heterocycles. The van der Waals surface area contributed by atoms with Crippen molar-refractivity contribution in [2.75, 3.05) is 65.5 Å². The molecule has 0 spiro atoms. The molecule has 0 saturated carbocycles. The molecular weight excluding hydrogens is 612 g/mol. The van der Waals surface area contributed by atoms with Crippen LogP contribution in [-0.4, -0.2) is 95.3 Å². The second kappa shape index (κ2) is 17.1. The molecule has 3 aromatic rings. The van der Waals surface area contributed by atoms with Crippen LogP contribution in [0.3, 0.4) is 0 Å². The summed E-state index contributed by atoms with van der Waals surface area (Å²) >= 11 is 8.29. The van der Waals surface area contributed by atoms with E-state index in [4.69, 9.17) is 40.0 Å². The van der Waals surface area contributed by atoms with Gasteiger partial charge in [0.15, 0.2) is 0 Å². The minimum Gasteiger partial charge on any atom is -0.366 e. The van der Waals surface area contributed by atoms with E-state index < -0.39 is 12.2 Å². The van der Waals surface area contributed by atoms with Crippen molar-refractivity contribution >= 4 is 29.1 Å². The third kappa shape index (κ3) is 8.41. The maximum absolute atomic E-state index is 7.06. The van der Waals surface area contributed by atoms with Gasteiger partial charge in [-0.2, -0.15) is 0 Å². The van der Waals surface area contributed by atoms with Crippen molar-refractivity contribution in [1.29, 1.82) is 0 Å². The molecule has 5 atom stereocenters. The highest BCUT2D eigenvalue weighted by Crippen LogP contribution is 2.48. The van der Waals surface area contributed by atoms with Crippen LogP contribution in [0.1, 0.15) is 31.1 Å². The second-order valence-electron chi connectivity index (χ2n) is 11.1. The molecule has 1 fully saturated rings. The zero-order valence-corrected chi connectivity index (χ0v) is 28.1.